The minimum atomic E-state index is -0.371. The zero-order valence-corrected chi connectivity index (χ0v) is 11.2. The van der Waals surface area contributed by atoms with Crippen molar-refractivity contribution < 1.29 is 14.3 Å². The van der Waals surface area contributed by atoms with Gasteiger partial charge in [0, 0.05) is 39.4 Å². The second-order valence-electron chi connectivity index (χ2n) is 4.94. The van der Waals surface area contributed by atoms with E-state index in [9.17, 15) is 9.59 Å². The number of likely N-dealkylation sites (tertiary alicyclic amines) is 1. The predicted octanol–water partition coefficient (Wildman–Crippen LogP) is -0.155. The maximum atomic E-state index is 12.4. The first-order valence-electron chi connectivity index (χ1n) is 6.23. The fourth-order valence-corrected chi connectivity index (χ4v) is 2.59. The van der Waals surface area contributed by atoms with Gasteiger partial charge in [0.2, 0.25) is 5.91 Å². The summed E-state index contributed by atoms with van der Waals surface area (Å²) in [6.45, 7) is 1.31. The minimum absolute atomic E-state index is 0.0216. The van der Waals surface area contributed by atoms with Crippen molar-refractivity contribution in [2.24, 2.45) is 24.6 Å². The Kier molecular flexibility index (Phi) is 3.90. The van der Waals surface area contributed by atoms with Gasteiger partial charge in [0.1, 0.15) is 5.69 Å². The number of hydrogen-bond acceptors (Lipinski definition) is 3. The summed E-state index contributed by atoms with van der Waals surface area (Å²) in [6, 6.07) is 3.59. The summed E-state index contributed by atoms with van der Waals surface area (Å²) in [5.74, 6) is -0.794. The molecule has 6 heteroatoms. The molecule has 1 fully saturated rings. The summed E-state index contributed by atoms with van der Waals surface area (Å²) in [7, 11) is 3.40. The monoisotopic (exact) mass is 265 g/mol. The van der Waals surface area contributed by atoms with Crippen molar-refractivity contribution in [3.8, 4) is 0 Å². The van der Waals surface area contributed by atoms with Gasteiger partial charge in [0.05, 0.1) is 12.5 Å². The summed E-state index contributed by atoms with van der Waals surface area (Å²) >= 11 is 0. The highest BCUT2D eigenvalue weighted by Gasteiger charge is 2.39. The number of aryl methyl sites for hydroxylation is 1. The zero-order valence-electron chi connectivity index (χ0n) is 11.2. The van der Waals surface area contributed by atoms with Crippen molar-refractivity contribution in [2.45, 2.75) is 0 Å². The van der Waals surface area contributed by atoms with Crippen molar-refractivity contribution in [1.82, 2.24) is 9.47 Å². The molecule has 1 aliphatic heterocycles. The number of methoxy groups -OCH3 is 1. The van der Waals surface area contributed by atoms with Gasteiger partial charge >= 0.3 is 0 Å². The van der Waals surface area contributed by atoms with Crippen molar-refractivity contribution in [1.29, 1.82) is 0 Å². The highest BCUT2D eigenvalue weighted by Crippen LogP contribution is 2.25. The molecule has 0 bridgehead atoms. The van der Waals surface area contributed by atoms with Gasteiger partial charge in [-0.1, -0.05) is 0 Å². The lowest BCUT2D eigenvalue weighted by molar-refractivity contribution is -0.122. The molecule has 1 aromatic heterocycles. The Balaban J connectivity index is 2.13. The fourth-order valence-electron chi connectivity index (χ4n) is 2.59. The van der Waals surface area contributed by atoms with E-state index in [1.807, 2.05) is 19.3 Å². The Morgan fingerprint density at radius 3 is 2.74 bits per heavy atom. The van der Waals surface area contributed by atoms with E-state index >= 15 is 0 Å². The molecule has 1 saturated heterocycles. The lowest BCUT2D eigenvalue weighted by atomic mass is 9.96. The number of amides is 2. The highest BCUT2D eigenvalue weighted by atomic mass is 16.5. The van der Waals surface area contributed by atoms with Crippen LogP contribution < -0.4 is 5.73 Å². The van der Waals surface area contributed by atoms with Gasteiger partial charge in [-0.2, -0.15) is 0 Å². The van der Waals surface area contributed by atoms with Gasteiger partial charge in [-0.3, -0.25) is 9.59 Å². The molecule has 1 aliphatic rings. The maximum Gasteiger partial charge on any atom is 0.270 e. The van der Waals surface area contributed by atoms with Crippen LogP contribution in [0.4, 0.5) is 0 Å². The molecular formula is C13H19N3O3. The number of primary amides is 1. The van der Waals surface area contributed by atoms with Crippen molar-refractivity contribution in [2.75, 3.05) is 26.8 Å². The number of carbonyl (C=O) groups excluding carboxylic acids is 2. The van der Waals surface area contributed by atoms with Crippen LogP contribution in [0.3, 0.4) is 0 Å². The SMILES string of the molecule is COC[C@@H]1CN(C(=O)c2cccn2C)C[C@H]1C(N)=O. The molecule has 0 unspecified atom stereocenters. The molecular weight excluding hydrogens is 246 g/mol. The van der Waals surface area contributed by atoms with Crippen molar-refractivity contribution in [3.63, 3.8) is 0 Å². The Morgan fingerprint density at radius 1 is 1.47 bits per heavy atom. The van der Waals surface area contributed by atoms with Crippen LogP contribution in [-0.2, 0) is 16.6 Å². The lowest BCUT2D eigenvalue weighted by Gasteiger charge is -2.16. The Bertz CT molecular complexity index is 483. The zero-order chi connectivity index (χ0) is 14.0. The lowest BCUT2D eigenvalue weighted by Crippen LogP contribution is -2.33. The van der Waals surface area contributed by atoms with Crippen LogP contribution in [0.15, 0.2) is 18.3 Å². The molecule has 104 valence electrons. The van der Waals surface area contributed by atoms with Crippen LogP contribution in [0, 0.1) is 11.8 Å². The maximum absolute atomic E-state index is 12.4. The van der Waals surface area contributed by atoms with Crippen LogP contribution >= 0.6 is 0 Å². The second kappa shape index (κ2) is 5.44. The normalized spacial score (nSPS) is 22.7. The van der Waals surface area contributed by atoms with E-state index in [0.29, 0.717) is 25.4 Å². The van der Waals surface area contributed by atoms with Crippen LogP contribution in [0.1, 0.15) is 10.5 Å². The van der Waals surface area contributed by atoms with Gasteiger partial charge < -0.3 is 19.9 Å². The number of aromatic nitrogens is 1. The molecule has 0 spiro atoms. The third kappa shape index (κ3) is 2.63. The first-order valence-corrected chi connectivity index (χ1v) is 6.23. The molecule has 0 aliphatic carbocycles. The van der Waals surface area contributed by atoms with Gasteiger partial charge in [0.15, 0.2) is 0 Å². The molecule has 2 heterocycles. The third-order valence-corrected chi connectivity index (χ3v) is 3.64. The summed E-state index contributed by atoms with van der Waals surface area (Å²) in [5, 5.41) is 0. The number of carbonyl (C=O) groups is 2. The topological polar surface area (TPSA) is 77.6 Å². The number of ether oxygens (including phenoxy) is 1. The summed E-state index contributed by atoms with van der Waals surface area (Å²) in [4.78, 5) is 25.5. The molecule has 0 saturated carbocycles. The fraction of sp³-hybridized carbons (Fsp3) is 0.538. The average Bonchev–Trinajstić information content (AvgIpc) is 2.95. The standard InChI is InChI=1S/C13H19N3O3/c1-15-5-3-4-11(15)13(18)16-6-9(8-19-2)10(7-16)12(14)17/h3-5,9-10H,6-8H2,1-2H3,(H2,14,17)/t9-,10+/m0/s1. The first kappa shape index (κ1) is 13.6. The van der Waals surface area contributed by atoms with Gasteiger partial charge in [-0.05, 0) is 12.1 Å². The molecule has 0 radical (unpaired) electrons. The van der Waals surface area contributed by atoms with Gasteiger partial charge in [-0.15, -0.1) is 0 Å². The first-order chi connectivity index (χ1) is 9.04. The molecule has 1 aromatic rings. The Hall–Kier alpha value is -1.82. The molecule has 2 atom stereocenters. The quantitative estimate of drug-likeness (QED) is 0.822. The van der Waals surface area contributed by atoms with E-state index in [4.69, 9.17) is 10.5 Å². The number of nitrogens with zero attached hydrogens (tertiary/aromatic N) is 2. The van der Waals surface area contributed by atoms with Crippen LogP contribution in [0.5, 0.6) is 0 Å². The number of nitrogens with two attached hydrogens (primary N) is 1. The van der Waals surface area contributed by atoms with E-state index < -0.39 is 0 Å². The van der Waals surface area contributed by atoms with E-state index in [1.54, 1.807) is 22.6 Å². The van der Waals surface area contributed by atoms with Crippen molar-refractivity contribution in [3.05, 3.63) is 24.0 Å². The molecule has 19 heavy (non-hydrogen) atoms. The average molecular weight is 265 g/mol. The Morgan fingerprint density at radius 2 is 2.21 bits per heavy atom. The molecule has 2 N–H and O–H groups in total. The minimum Gasteiger partial charge on any atom is -0.384 e. The summed E-state index contributed by atoms with van der Waals surface area (Å²) < 4.78 is 6.87. The van der Waals surface area contributed by atoms with Gasteiger partial charge in [0.25, 0.3) is 5.91 Å². The highest BCUT2D eigenvalue weighted by molar-refractivity contribution is 5.93. The van der Waals surface area contributed by atoms with E-state index in [2.05, 4.69) is 0 Å². The second-order valence-corrected chi connectivity index (χ2v) is 4.94. The number of rotatable bonds is 4. The molecule has 2 amide bonds. The van der Waals surface area contributed by atoms with Gasteiger partial charge in [-0.25, -0.2) is 0 Å². The van der Waals surface area contributed by atoms with E-state index in [0.717, 1.165) is 0 Å². The summed E-state index contributed by atoms with van der Waals surface area (Å²) in [6.07, 6.45) is 1.82. The largest absolute Gasteiger partial charge is 0.384 e. The summed E-state index contributed by atoms with van der Waals surface area (Å²) in [5.41, 5.74) is 6.00. The molecule has 0 aromatic carbocycles. The smallest absolute Gasteiger partial charge is 0.270 e. The Labute approximate surface area is 112 Å². The predicted molar refractivity (Wildman–Crippen MR) is 69.4 cm³/mol. The number of hydrogen-bond donors (Lipinski definition) is 1. The molecule has 2 rings (SSSR count). The van der Waals surface area contributed by atoms with Crippen LogP contribution in [-0.4, -0.2) is 48.1 Å². The van der Waals surface area contributed by atoms with Crippen molar-refractivity contribution >= 4 is 11.8 Å². The van der Waals surface area contributed by atoms with E-state index in [-0.39, 0.29) is 23.7 Å². The van der Waals surface area contributed by atoms with Crippen LogP contribution in [0.25, 0.3) is 0 Å². The third-order valence-electron chi connectivity index (χ3n) is 3.64. The molecule has 6 nitrogen and oxygen atoms in total. The van der Waals surface area contributed by atoms with Crippen LogP contribution in [0.2, 0.25) is 0 Å². The van der Waals surface area contributed by atoms with E-state index in [1.165, 1.54) is 0 Å².